The van der Waals surface area contributed by atoms with Crippen molar-refractivity contribution in [1.29, 1.82) is 0 Å². The summed E-state index contributed by atoms with van der Waals surface area (Å²) in [5.74, 6) is -1.22. The minimum absolute atomic E-state index is 0.141. The molecule has 0 bridgehead atoms. The van der Waals surface area contributed by atoms with Crippen LogP contribution in [-0.2, 0) is 9.53 Å². The van der Waals surface area contributed by atoms with Gasteiger partial charge in [0, 0.05) is 24.7 Å². The van der Waals surface area contributed by atoms with Gasteiger partial charge in [0.2, 0.25) is 5.91 Å². The molecule has 0 unspecified atom stereocenters. The molecule has 1 aliphatic heterocycles. The average molecular weight is 332 g/mol. The van der Waals surface area contributed by atoms with E-state index in [1.807, 2.05) is 0 Å². The molecule has 2 aromatic carbocycles. The van der Waals surface area contributed by atoms with Crippen LogP contribution >= 0.6 is 0 Å². The summed E-state index contributed by atoms with van der Waals surface area (Å²) in [5.41, 5.74) is 7.10. The van der Waals surface area contributed by atoms with Crippen molar-refractivity contribution in [2.45, 2.75) is 12.8 Å². The van der Waals surface area contributed by atoms with Gasteiger partial charge in [-0.15, -0.1) is 0 Å². The third-order valence-corrected chi connectivity index (χ3v) is 4.14. The highest BCUT2D eigenvalue weighted by molar-refractivity contribution is 5.96. The van der Waals surface area contributed by atoms with E-state index in [9.17, 15) is 13.6 Å². The van der Waals surface area contributed by atoms with Gasteiger partial charge in [0.1, 0.15) is 11.6 Å². The van der Waals surface area contributed by atoms with E-state index in [1.165, 1.54) is 30.3 Å². The van der Waals surface area contributed by atoms with Crippen LogP contribution in [0.2, 0.25) is 0 Å². The van der Waals surface area contributed by atoms with Crippen molar-refractivity contribution in [2.75, 3.05) is 24.3 Å². The summed E-state index contributed by atoms with van der Waals surface area (Å²) in [4.78, 5) is 12.3. The second kappa shape index (κ2) is 6.97. The summed E-state index contributed by atoms with van der Waals surface area (Å²) in [6.45, 7) is 1.11. The number of halogens is 2. The fourth-order valence-electron chi connectivity index (χ4n) is 2.74. The molecule has 4 nitrogen and oxygen atoms in total. The van der Waals surface area contributed by atoms with Crippen molar-refractivity contribution >= 4 is 17.3 Å². The van der Waals surface area contributed by atoms with Crippen LogP contribution in [0.1, 0.15) is 12.8 Å². The number of benzene rings is 2. The Labute approximate surface area is 138 Å². The molecule has 3 N–H and O–H groups in total. The van der Waals surface area contributed by atoms with Gasteiger partial charge in [0.25, 0.3) is 0 Å². The van der Waals surface area contributed by atoms with Crippen LogP contribution in [0.25, 0.3) is 11.1 Å². The first kappa shape index (κ1) is 16.4. The predicted octanol–water partition coefficient (Wildman–Crippen LogP) is 3.58. The van der Waals surface area contributed by atoms with Crippen molar-refractivity contribution < 1.29 is 18.3 Å². The van der Waals surface area contributed by atoms with Crippen LogP contribution in [0.5, 0.6) is 0 Å². The molecule has 3 rings (SSSR count). The number of ether oxygens (including phenoxy) is 1. The van der Waals surface area contributed by atoms with E-state index in [-0.39, 0.29) is 23.1 Å². The van der Waals surface area contributed by atoms with Crippen LogP contribution in [0.15, 0.2) is 36.4 Å². The molecule has 0 saturated carbocycles. The minimum Gasteiger partial charge on any atom is -0.397 e. The summed E-state index contributed by atoms with van der Waals surface area (Å²) in [5, 5.41) is 2.77. The Morgan fingerprint density at radius 2 is 1.79 bits per heavy atom. The first-order chi connectivity index (χ1) is 11.5. The number of carbonyl (C=O) groups excluding carboxylic acids is 1. The van der Waals surface area contributed by atoms with Crippen LogP contribution in [0.3, 0.4) is 0 Å². The van der Waals surface area contributed by atoms with Gasteiger partial charge in [-0.05, 0) is 42.7 Å². The summed E-state index contributed by atoms with van der Waals surface area (Å²) >= 11 is 0. The summed E-state index contributed by atoms with van der Waals surface area (Å²) in [6.07, 6.45) is 1.30. The molecule has 1 heterocycles. The van der Waals surface area contributed by atoms with E-state index in [0.29, 0.717) is 37.3 Å². The maximum atomic E-state index is 14.2. The Morgan fingerprint density at radius 1 is 1.12 bits per heavy atom. The SMILES string of the molecule is Nc1cc(F)c(-c2ccc(F)cc2)cc1NC(=O)C1CCOCC1. The number of nitrogens with two attached hydrogens (primary N) is 1. The van der Waals surface area contributed by atoms with E-state index in [0.717, 1.165) is 6.07 Å². The molecule has 1 saturated heterocycles. The molecule has 6 heteroatoms. The molecule has 0 spiro atoms. The molecule has 24 heavy (non-hydrogen) atoms. The van der Waals surface area contributed by atoms with Gasteiger partial charge in [-0.25, -0.2) is 8.78 Å². The van der Waals surface area contributed by atoms with E-state index in [1.54, 1.807) is 0 Å². The normalized spacial score (nSPS) is 15.2. The second-order valence-corrected chi connectivity index (χ2v) is 5.80. The molecule has 1 aliphatic rings. The largest absolute Gasteiger partial charge is 0.397 e. The molecule has 0 atom stereocenters. The Balaban J connectivity index is 1.86. The third-order valence-electron chi connectivity index (χ3n) is 4.14. The minimum atomic E-state index is -0.525. The Morgan fingerprint density at radius 3 is 2.46 bits per heavy atom. The molecule has 126 valence electrons. The first-order valence-electron chi connectivity index (χ1n) is 7.78. The lowest BCUT2D eigenvalue weighted by molar-refractivity contribution is -0.122. The zero-order chi connectivity index (χ0) is 17.1. The highest BCUT2D eigenvalue weighted by Gasteiger charge is 2.22. The molecule has 0 radical (unpaired) electrons. The van der Waals surface area contributed by atoms with Crippen molar-refractivity contribution in [3.63, 3.8) is 0 Å². The van der Waals surface area contributed by atoms with Gasteiger partial charge in [-0.3, -0.25) is 4.79 Å². The molecule has 0 aliphatic carbocycles. The van der Waals surface area contributed by atoms with Crippen LogP contribution < -0.4 is 11.1 Å². The number of hydrogen-bond acceptors (Lipinski definition) is 3. The lowest BCUT2D eigenvalue weighted by atomic mass is 9.98. The second-order valence-electron chi connectivity index (χ2n) is 5.80. The number of carbonyl (C=O) groups is 1. The zero-order valence-corrected chi connectivity index (χ0v) is 13.0. The maximum absolute atomic E-state index is 14.2. The quantitative estimate of drug-likeness (QED) is 0.845. The number of anilines is 2. The van der Waals surface area contributed by atoms with Gasteiger partial charge < -0.3 is 15.8 Å². The summed E-state index contributed by atoms with van der Waals surface area (Å²) in [6, 6.07) is 8.12. The standard InChI is InChI=1S/C18H18F2N2O2/c19-13-3-1-11(2-4-13)14-9-17(16(21)10-15(14)20)22-18(23)12-5-7-24-8-6-12/h1-4,9-10,12H,5-8,21H2,(H,22,23). The van der Waals surface area contributed by atoms with Gasteiger partial charge in [0.15, 0.2) is 0 Å². The van der Waals surface area contributed by atoms with Gasteiger partial charge >= 0.3 is 0 Å². The van der Waals surface area contributed by atoms with Gasteiger partial charge in [-0.2, -0.15) is 0 Å². The Kier molecular flexibility index (Phi) is 4.76. The highest BCUT2D eigenvalue weighted by Crippen LogP contribution is 2.31. The maximum Gasteiger partial charge on any atom is 0.227 e. The van der Waals surface area contributed by atoms with E-state index in [2.05, 4.69) is 5.32 Å². The predicted molar refractivity (Wildman–Crippen MR) is 88.4 cm³/mol. The fraction of sp³-hybridized carbons (Fsp3) is 0.278. The lowest BCUT2D eigenvalue weighted by Gasteiger charge is -2.22. The van der Waals surface area contributed by atoms with Crippen LogP contribution in [0.4, 0.5) is 20.2 Å². The van der Waals surface area contributed by atoms with Gasteiger partial charge in [-0.1, -0.05) is 12.1 Å². The van der Waals surface area contributed by atoms with E-state index < -0.39 is 11.6 Å². The topological polar surface area (TPSA) is 64.3 Å². The lowest BCUT2D eigenvalue weighted by Crippen LogP contribution is -2.28. The molecule has 0 aromatic heterocycles. The van der Waals surface area contributed by atoms with Crippen molar-refractivity contribution in [3.05, 3.63) is 48.0 Å². The molecule has 2 aromatic rings. The Hall–Kier alpha value is -2.47. The number of nitrogens with one attached hydrogen (secondary N) is 1. The molecular weight excluding hydrogens is 314 g/mol. The highest BCUT2D eigenvalue weighted by atomic mass is 19.1. The van der Waals surface area contributed by atoms with Crippen LogP contribution in [-0.4, -0.2) is 19.1 Å². The monoisotopic (exact) mass is 332 g/mol. The first-order valence-corrected chi connectivity index (χ1v) is 7.78. The van der Waals surface area contributed by atoms with E-state index >= 15 is 0 Å². The molecular formula is C18H18F2N2O2. The fourth-order valence-corrected chi connectivity index (χ4v) is 2.74. The van der Waals surface area contributed by atoms with E-state index in [4.69, 9.17) is 10.5 Å². The number of rotatable bonds is 3. The number of nitrogen functional groups attached to an aromatic ring is 1. The number of hydrogen-bond donors (Lipinski definition) is 2. The smallest absolute Gasteiger partial charge is 0.227 e. The zero-order valence-electron chi connectivity index (χ0n) is 13.0. The van der Waals surface area contributed by atoms with Crippen molar-refractivity contribution in [2.24, 2.45) is 5.92 Å². The molecule has 1 fully saturated rings. The number of amides is 1. The summed E-state index contributed by atoms with van der Waals surface area (Å²) in [7, 11) is 0. The van der Waals surface area contributed by atoms with Crippen molar-refractivity contribution in [3.8, 4) is 11.1 Å². The third kappa shape index (κ3) is 3.54. The average Bonchev–Trinajstić information content (AvgIpc) is 2.59. The summed E-state index contributed by atoms with van der Waals surface area (Å²) < 4.78 is 32.5. The van der Waals surface area contributed by atoms with Crippen molar-refractivity contribution in [1.82, 2.24) is 0 Å². The molecule has 1 amide bonds. The van der Waals surface area contributed by atoms with Gasteiger partial charge in [0.05, 0.1) is 11.4 Å². The van der Waals surface area contributed by atoms with Crippen LogP contribution in [0, 0.1) is 17.6 Å². The Bertz CT molecular complexity index is 741.